The number of benzene rings is 1. The third-order valence-electron chi connectivity index (χ3n) is 4.61. The Hall–Kier alpha value is -3.59. The van der Waals surface area contributed by atoms with Crippen LogP contribution in [0, 0.1) is 0 Å². The first kappa shape index (κ1) is 16.6. The lowest BCUT2D eigenvalue weighted by atomic mass is 10.1. The maximum Gasteiger partial charge on any atom is 0.276 e. The molecule has 28 heavy (non-hydrogen) atoms. The summed E-state index contributed by atoms with van der Waals surface area (Å²) in [5.41, 5.74) is 3.04. The van der Waals surface area contributed by atoms with Crippen LogP contribution in [0.1, 0.15) is 17.4 Å². The van der Waals surface area contributed by atoms with Crippen molar-refractivity contribution >= 4 is 0 Å². The molecular weight excluding hydrogens is 360 g/mol. The lowest BCUT2D eigenvalue weighted by Crippen LogP contribution is -2.22. The summed E-state index contributed by atoms with van der Waals surface area (Å²) in [4.78, 5) is 8.62. The normalized spacial score (nSPS) is 16.0. The van der Waals surface area contributed by atoms with Gasteiger partial charge in [-0.3, -0.25) is 4.98 Å². The molecule has 0 amide bonds. The van der Waals surface area contributed by atoms with Crippen molar-refractivity contribution in [3.8, 4) is 28.9 Å². The quantitative estimate of drug-likeness (QED) is 0.536. The topological polar surface area (TPSA) is 101 Å². The van der Waals surface area contributed by atoms with E-state index in [0.29, 0.717) is 36.3 Å². The molecule has 1 aromatic carbocycles. The van der Waals surface area contributed by atoms with Gasteiger partial charge in [-0.1, -0.05) is 28.6 Å². The fraction of sp³-hybridized carbons (Fsp3) is 0.211. The standard InChI is InChI=1S/C19H16N6O3/c1-26-13-7-5-12(6-8-13)16-10-25-15(11-27-16)17(22-24-25)18-21-19(28-23-18)14-4-2-3-9-20-14/h2-9,16H,10-11H2,1H3/t16-/m0/s1. The molecule has 0 N–H and O–H groups in total. The maximum absolute atomic E-state index is 6.04. The second-order valence-corrected chi connectivity index (χ2v) is 6.28. The molecule has 0 saturated carbocycles. The second kappa shape index (κ2) is 6.86. The second-order valence-electron chi connectivity index (χ2n) is 6.28. The van der Waals surface area contributed by atoms with Crippen LogP contribution in [0.4, 0.5) is 0 Å². The number of hydrogen-bond acceptors (Lipinski definition) is 8. The van der Waals surface area contributed by atoms with Gasteiger partial charge in [0.05, 0.1) is 26.0 Å². The Balaban J connectivity index is 1.39. The summed E-state index contributed by atoms with van der Waals surface area (Å²) in [7, 11) is 1.65. The van der Waals surface area contributed by atoms with E-state index < -0.39 is 0 Å². The number of pyridine rings is 1. The zero-order valence-corrected chi connectivity index (χ0v) is 15.0. The third-order valence-corrected chi connectivity index (χ3v) is 4.61. The van der Waals surface area contributed by atoms with E-state index >= 15 is 0 Å². The molecule has 4 heterocycles. The summed E-state index contributed by atoms with van der Waals surface area (Å²) < 4.78 is 18.4. The molecule has 0 aliphatic carbocycles. The molecule has 1 atom stereocenters. The Morgan fingerprint density at radius 1 is 1.14 bits per heavy atom. The third kappa shape index (κ3) is 2.91. The predicted octanol–water partition coefficient (Wildman–Crippen LogP) is 2.67. The Labute approximate surface area is 159 Å². The van der Waals surface area contributed by atoms with E-state index in [-0.39, 0.29) is 6.10 Å². The molecule has 9 heteroatoms. The monoisotopic (exact) mass is 376 g/mol. The van der Waals surface area contributed by atoms with Gasteiger partial charge < -0.3 is 14.0 Å². The van der Waals surface area contributed by atoms with E-state index in [4.69, 9.17) is 14.0 Å². The summed E-state index contributed by atoms with van der Waals surface area (Å²) in [5.74, 6) is 1.52. The Bertz CT molecular complexity index is 1090. The zero-order valence-electron chi connectivity index (χ0n) is 15.0. The Morgan fingerprint density at radius 2 is 2.04 bits per heavy atom. The van der Waals surface area contributed by atoms with Crippen LogP contribution >= 0.6 is 0 Å². The number of hydrogen-bond donors (Lipinski definition) is 0. The van der Waals surface area contributed by atoms with E-state index in [0.717, 1.165) is 17.0 Å². The van der Waals surface area contributed by atoms with E-state index in [9.17, 15) is 0 Å². The van der Waals surface area contributed by atoms with Crippen molar-refractivity contribution in [2.45, 2.75) is 19.3 Å². The number of nitrogens with zero attached hydrogens (tertiary/aromatic N) is 6. The van der Waals surface area contributed by atoms with E-state index in [1.165, 1.54) is 0 Å². The maximum atomic E-state index is 6.04. The van der Waals surface area contributed by atoms with Gasteiger partial charge in [0, 0.05) is 6.20 Å². The molecule has 1 aliphatic rings. The molecule has 5 rings (SSSR count). The highest BCUT2D eigenvalue weighted by Gasteiger charge is 2.27. The molecule has 0 spiro atoms. The number of rotatable bonds is 4. The number of fused-ring (bicyclic) bond motifs is 1. The van der Waals surface area contributed by atoms with Crippen molar-refractivity contribution < 1.29 is 14.0 Å². The van der Waals surface area contributed by atoms with Crippen LogP contribution in [0.2, 0.25) is 0 Å². The van der Waals surface area contributed by atoms with Crippen molar-refractivity contribution in [3.63, 3.8) is 0 Å². The van der Waals surface area contributed by atoms with Gasteiger partial charge in [-0.05, 0) is 29.8 Å². The van der Waals surface area contributed by atoms with Crippen molar-refractivity contribution in [1.82, 2.24) is 30.1 Å². The van der Waals surface area contributed by atoms with Crippen molar-refractivity contribution in [2.24, 2.45) is 0 Å². The number of methoxy groups -OCH3 is 1. The highest BCUT2D eigenvalue weighted by Crippen LogP contribution is 2.31. The molecule has 0 unspecified atom stereocenters. The Morgan fingerprint density at radius 3 is 2.82 bits per heavy atom. The first-order valence-electron chi connectivity index (χ1n) is 8.75. The summed E-state index contributed by atoms with van der Waals surface area (Å²) in [6.07, 6.45) is 1.56. The minimum Gasteiger partial charge on any atom is -0.497 e. The van der Waals surface area contributed by atoms with Gasteiger partial charge in [0.2, 0.25) is 5.82 Å². The van der Waals surface area contributed by atoms with Crippen molar-refractivity contribution in [2.75, 3.05) is 7.11 Å². The van der Waals surface area contributed by atoms with Crippen LogP contribution in [0.15, 0.2) is 53.2 Å². The number of aromatic nitrogens is 6. The van der Waals surface area contributed by atoms with Gasteiger partial charge >= 0.3 is 0 Å². The molecule has 0 fully saturated rings. The number of ether oxygens (including phenoxy) is 2. The average Bonchev–Trinajstić information content (AvgIpc) is 3.41. The highest BCUT2D eigenvalue weighted by atomic mass is 16.5. The van der Waals surface area contributed by atoms with Crippen LogP contribution in [0.5, 0.6) is 5.75 Å². The smallest absolute Gasteiger partial charge is 0.276 e. The first-order valence-corrected chi connectivity index (χ1v) is 8.75. The molecule has 4 aromatic rings. The van der Waals surface area contributed by atoms with Gasteiger partial charge in [-0.25, -0.2) is 4.68 Å². The molecule has 9 nitrogen and oxygen atoms in total. The van der Waals surface area contributed by atoms with Crippen LogP contribution in [-0.4, -0.2) is 37.2 Å². The SMILES string of the molecule is COc1ccc([C@@H]2Cn3nnc(-c4noc(-c5ccccn5)n4)c3CO2)cc1. The predicted molar refractivity (Wildman–Crippen MR) is 97.1 cm³/mol. The summed E-state index contributed by atoms with van der Waals surface area (Å²) >= 11 is 0. The van der Waals surface area contributed by atoms with Crippen LogP contribution in [-0.2, 0) is 17.9 Å². The minimum atomic E-state index is -0.109. The van der Waals surface area contributed by atoms with Crippen LogP contribution in [0.25, 0.3) is 23.1 Å². The Kier molecular flexibility index (Phi) is 4.06. The van der Waals surface area contributed by atoms with E-state index in [1.54, 1.807) is 19.4 Å². The summed E-state index contributed by atoms with van der Waals surface area (Å²) in [6, 6.07) is 13.3. The van der Waals surface area contributed by atoms with E-state index in [2.05, 4.69) is 25.4 Å². The molecule has 140 valence electrons. The van der Waals surface area contributed by atoms with Gasteiger partial charge in [0.1, 0.15) is 17.5 Å². The van der Waals surface area contributed by atoms with E-state index in [1.807, 2.05) is 41.1 Å². The van der Waals surface area contributed by atoms with Gasteiger partial charge in [0.15, 0.2) is 5.69 Å². The fourth-order valence-electron chi connectivity index (χ4n) is 3.12. The van der Waals surface area contributed by atoms with Crippen molar-refractivity contribution in [3.05, 3.63) is 59.9 Å². The molecule has 0 radical (unpaired) electrons. The minimum absolute atomic E-state index is 0.109. The molecule has 0 saturated heterocycles. The average molecular weight is 376 g/mol. The lowest BCUT2D eigenvalue weighted by molar-refractivity contribution is -0.00114. The van der Waals surface area contributed by atoms with Crippen LogP contribution < -0.4 is 4.74 Å². The molecule has 1 aliphatic heterocycles. The summed E-state index contributed by atoms with van der Waals surface area (Å²) in [5, 5.41) is 12.5. The fourth-order valence-corrected chi connectivity index (χ4v) is 3.12. The molecule has 3 aromatic heterocycles. The first-order chi connectivity index (χ1) is 13.8. The molecular formula is C19H16N6O3. The summed E-state index contributed by atoms with van der Waals surface area (Å²) in [6.45, 7) is 0.909. The van der Waals surface area contributed by atoms with Crippen molar-refractivity contribution in [1.29, 1.82) is 0 Å². The van der Waals surface area contributed by atoms with Gasteiger partial charge in [-0.2, -0.15) is 4.98 Å². The largest absolute Gasteiger partial charge is 0.497 e. The lowest BCUT2D eigenvalue weighted by Gasteiger charge is -2.24. The van der Waals surface area contributed by atoms with Gasteiger partial charge in [0.25, 0.3) is 5.89 Å². The highest BCUT2D eigenvalue weighted by molar-refractivity contribution is 5.56. The van der Waals surface area contributed by atoms with Crippen LogP contribution in [0.3, 0.4) is 0 Å². The molecule has 0 bridgehead atoms. The zero-order chi connectivity index (χ0) is 18.9. The van der Waals surface area contributed by atoms with Gasteiger partial charge in [-0.15, -0.1) is 5.10 Å².